The summed E-state index contributed by atoms with van der Waals surface area (Å²) in [6, 6.07) is 0. The molecule has 0 aromatic carbocycles. The molecule has 0 bridgehead atoms. The molecule has 1 aromatic heterocycles. The minimum atomic E-state index is -0.773. The van der Waals surface area contributed by atoms with Crippen molar-refractivity contribution in [2.75, 3.05) is 17.2 Å². The Morgan fingerprint density at radius 1 is 1.08 bits per heavy atom. The first-order valence-corrected chi connectivity index (χ1v) is 3.00. The molecule has 7 nitrogen and oxygen atoms in total. The molecule has 0 aliphatic rings. The maximum atomic E-state index is 10.7. The minimum Gasteiger partial charge on any atom is -0.383 e. The molecular weight excluding hydrogens is 160 g/mol. The third-order valence-corrected chi connectivity index (χ3v) is 1.23. The van der Waals surface area contributed by atoms with Gasteiger partial charge in [-0.05, 0) is 0 Å². The van der Waals surface area contributed by atoms with Gasteiger partial charge < -0.3 is 22.9 Å². The van der Waals surface area contributed by atoms with Crippen LogP contribution in [0, 0.1) is 0 Å². The monoisotopic (exact) mass is 168 g/mol. The predicted molar refractivity (Wildman–Crippen MR) is 43.8 cm³/mol. The lowest BCUT2D eigenvalue weighted by Gasteiger charge is -2.03. The third kappa shape index (κ3) is 1.19. The van der Waals surface area contributed by atoms with Crippen molar-refractivity contribution in [2.45, 2.75) is 0 Å². The van der Waals surface area contributed by atoms with E-state index in [0.717, 1.165) is 0 Å². The Bertz CT molecular complexity index is 312. The molecule has 0 aliphatic carbocycles. The van der Waals surface area contributed by atoms with Crippen molar-refractivity contribution in [2.24, 2.45) is 5.73 Å². The van der Waals surface area contributed by atoms with Gasteiger partial charge in [0.25, 0.3) is 5.91 Å². The van der Waals surface area contributed by atoms with E-state index in [0.29, 0.717) is 0 Å². The summed E-state index contributed by atoms with van der Waals surface area (Å²) in [6.45, 7) is 0. The standard InChI is InChI=1S/C5H8N6O/c6-2-1(4(8)12)3(7)11-5(9)10-2/h(H2,8,12)(H6,6,7,9,10,11). The summed E-state index contributed by atoms with van der Waals surface area (Å²) in [4.78, 5) is 17.7. The Balaban J connectivity index is 3.38. The van der Waals surface area contributed by atoms with Crippen molar-refractivity contribution in [3.05, 3.63) is 5.56 Å². The van der Waals surface area contributed by atoms with Crippen molar-refractivity contribution < 1.29 is 4.79 Å². The third-order valence-electron chi connectivity index (χ3n) is 1.23. The Morgan fingerprint density at radius 3 is 1.83 bits per heavy atom. The van der Waals surface area contributed by atoms with Crippen LogP contribution in [0.3, 0.4) is 0 Å². The van der Waals surface area contributed by atoms with Crippen molar-refractivity contribution in [3.8, 4) is 0 Å². The van der Waals surface area contributed by atoms with Crippen LogP contribution >= 0.6 is 0 Å². The summed E-state index contributed by atoms with van der Waals surface area (Å²) < 4.78 is 0. The molecule has 0 atom stereocenters. The van der Waals surface area contributed by atoms with Gasteiger partial charge in [-0.2, -0.15) is 9.97 Å². The van der Waals surface area contributed by atoms with Crippen LogP contribution < -0.4 is 22.9 Å². The molecule has 8 N–H and O–H groups in total. The molecule has 64 valence electrons. The van der Waals surface area contributed by atoms with Crippen molar-refractivity contribution in [1.29, 1.82) is 0 Å². The van der Waals surface area contributed by atoms with Gasteiger partial charge in [0.2, 0.25) is 5.95 Å². The number of carbonyl (C=O) groups is 1. The van der Waals surface area contributed by atoms with E-state index in [1.54, 1.807) is 0 Å². The predicted octanol–water partition coefficient (Wildman–Crippen LogP) is -1.68. The normalized spacial score (nSPS) is 9.67. The maximum absolute atomic E-state index is 10.7. The highest BCUT2D eigenvalue weighted by Crippen LogP contribution is 2.14. The zero-order chi connectivity index (χ0) is 9.30. The van der Waals surface area contributed by atoms with Crippen LogP contribution in [0.4, 0.5) is 17.6 Å². The van der Waals surface area contributed by atoms with Gasteiger partial charge in [-0.25, -0.2) is 0 Å². The fraction of sp³-hybridized carbons (Fsp3) is 0. The Morgan fingerprint density at radius 2 is 1.50 bits per heavy atom. The van der Waals surface area contributed by atoms with E-state index in [2.05, 4.69) is 9.97 Å². The number of aromatic nitrogens is 2. The molecule has 0 saturated heterocycles. The zero-order valence-electron chi connectivity index (χ0n) is 6.11. The molecular formula is C5H8N6O. The van der Waals surface area contributed by atoms with Crippen molar-refractivity contribution in [3.63, 3.8) is 0 Å². The second-order valence-corrected chi connectivity index (χ2v) is 2.09. The summed E-state index contributed by atoms with van der Waals surface area (Å²) >= 11 is 0. The van der Waals surface area contributed by atoms with E-state index in [-0.39, 0.29) is 23.1 Å². The average Bonchev–Trinajstić information content (AvgIpc) is 1.82. The zero-order valence-corrected chi connectivity index (χ0v) is 6.11. The summed E-state index contributed by atoms with van der Waals surface area (Å²) in [5.41, 5.74) is 20.7. The van der Waals surface area contributed by atoms with Gasteiger partial charge in [0.1, 0.15) is 17.2 Å². The minimum absolute atomic E-state index is 0.0880. The molecule has 0 unspecified atom stereocenters. The summed E-state index contributed by atoms with van der Waals surface area (Å²) in [5.74, 6) is -1.07. The van der Waals surface area contributed by atoms with Crippen LogP contribution in [-0.4, -0.2) is 15.9 Å². The van der Waals surface area contributed by atoms with Crippen LogP contribution in [0.5, 0.6) is 0 Å². The highest BCUT2D eigenvalue weighted by molar-refractivity contribution is 6.01. The molecule has 0 spiro atoms. The number of nitrogens with zero attached hydrogens (tertiary/aromatic N) is 2. The number of nitrogen functional groups attached to an aromatic ring is 3. The topological polar surface area (TPSA) is 147 Å². The Labute approximate surface area is 67.8 Å². The van der Waals surface area contributed by atoms with Gasteiger partial charge in [0.05, 0.1) is 0 Å². The first-order chi connectivity index (χ1) is 5.52. The Kier molecular flexibility index (Phi) is 1.70. The lowest BCUT2D eigenvalue weighted by atomic mass is 10.2. The molecule has 12 heavy (non-hydrogen) atoms. The molecule has 7 heteroatoms. The highest BCUT2D eigenvalue weighted by atomic mass is 16.1. The Hall–Kier alpha value is -2.05. The SMILES string of the molecule is NC(=O)c1c(N)nc(N)nc1N. The lowest BCUT2D eigenvalue weighted by molar-refractivity contribution is 0.100. The molecule has 0 saturated carbocycles. The number of anilines is 3. The quantitative estimate of drug-likeness (QED) is 0.393. The largest absolute Gasteiger partial charge is 0.383 e. The van der Waals surface area contributed by atoms with E-state index in [4.69, 9.17) is 22.9 Å². The molecule has 0 aliphatic heterocycles. The number of hydrogen-bond acceptors (Lipinski definition) is 6. The average molecular weight is 168 g/mol. The molecule has 0 fully saturated rings. The van der Waals surface area contributed by atoms with Crippen molar-refractivity contribution >= 4 is 23.5 Å². The number of rotatable bonds is 1. The summed E-state index contributed by atoms with van der Waals surface area (Å²) in [6.07, 6.45) is 0. The van der Waals surface area contributed by atoms with E-state index >= 15 is 0 Å². The maximum Gasteiger partial charge on any atom is 0.256 e. The van der Waals surface area contributed by atoms with E-state index < -0.39 is 5.91 Å². The first-order valence-electron chi connectivity index (χ1n) is 3.00. The fourth-order valence-electron chi connectivity index (χ4n) is 0.767. The van der Waals surface area contributed by atoms with Crippen LogP contribution in [0.2, 0.25) is 0 Å². The number of amides is 1. The summed E-state index contributed by atoms with van der Waals surface area (Å²) in [5, 5.41) is 0. The second-order valence-electron chi connectivity index (χ2n) is 2.09. The fourth-order valence-corrected chi connectivity index (χ4v) is 0.767. The second kappa shape index (κ2) is 2.53. The van der Waals surface area contributed by atoms with Crippen LogP contribution in [-0.2, 0) is 0 Å². The van der Waals surface area contributed by atoms with Gasteiger partial charge in [-0.3, -0.25) is 4.79 Å². The lowest BCUT2D eigenvalue weighted by Crippen LogP contribution is -2.18. The van der Waals surface area contributed by atoms with Crippen LogP contribution in [0.25, 0.3) is 0 Å². The summed E-state index contributed by atoms with van der Waals surface area (Å²) in [7, 11) is 0. The number of nitrogens with two attached hydrogens (primary N) is 4. The van der Waals surface area contributed by atoms with Gasteiger partial charge in [0.15, 0.2) is 0 Å². The van der Waals surface area contributed by atoms with E-state index in [9.17, 15) is 4.79 Å². The van der Waals surface area contributed by atoms with Crippen LogP contribution in [0.1, 0.15) is 10.4 Å². The number of carbonyl (C=O) groups excluding carboxylic acids is 1. The van der Waals surface area contributed by atoms with Crippen molar-refractivity contribution in [1.82, 2.24) is 9.97 Å². The molecule has 1 heterocycles. The molecule has 0 radical (unpaired) electrons. The number of hydrogen-bond donors (Lipinski definition) is 4. The molecule has 1 amide bonds. The van der Waals surface area contributed by atoms with Crippen LogP contribution in [0.15, 0.2) is 0 Å². The van der Waals surface area contributed by atoms with Gasteiger partial charge in [0, 0.05) is 0 Å². The molecule has 1 aromatic rings. The highest BCUT2D eigenvalue weighted by Gasteiger charge is 2.13. The first kappa shape index (κ1) is 8.05. The van der Waals surface area contributed by atoms with Gasteiger partial charge in [-0.1, -0.05) is 0 Å². The van der Waals surface area contributed by atoms with Gasteiger partial charge >= 0.3 is 0 Å². The smallest absolute Gasteiger partial charge is 0.256 e. The van der Waals surface area contributed by atoms with E-state index in [1.165, 1.54) is 0 Å². The van der Waals surface area contributed by atoms with E-state index in [1.807, 2.05) is 0 Å². The molecule has 1 rings (SSSR count). The number of primary amides is 1. The van der Waals surface area contributed by atoms with Gasteiger partial charge in [-0.15, -0.1) is 0 Å².